The largest absolute Gasteiger partial charge is 0.493 e. The smallest absolute Gasteiger partial charge is 0.234 e. The quantitative estimate of drug-likeness (QED) is 0.741. The molecular weight excluding hydrogens is 384 g/mol. The maximum Gasteiger partial charge on any atom is 0.234 e. The highest BCUT2D eigenvalue weighted by atomic mass is 16.5. The molecule has 0 atom stereocenters. The number of amides is 1. The lowest BCUT2D eigenvalue weighted by Gasteiger charge is -2.32. The molecule has 1 aromatic carbocycles. The summed E-state index contributed by atoms with van der Waals surface area (Å²) in [7, 11) is 4.72. The second kappa shape index (κ2) is 9.65. The molecule has 1 amide bonds. The van der Waals surface area contributed by atoms with Crippen LogP contribution in [0.5, 0.6) is 17.2 Å². The topological polar surface area (TPSA) is 99.8 Å². The molecule has 1 aliphatic carbocycles. The molecule has 162 valence electrons. The van der Waals surface area contributed by atoms with Crippen molar-refractivity contribution in [3.8, 4) is 17.2 Å². The van der Waals surface area contributed by atoms with Crippen LogP contribution in [-0.2, 0) is 11.2 Å². The minimum atomic E-state index is -0.0568. The highest BCUT2D eigenvalue weighted by Gasteiger charge is 2.27. The number of hydrogen-bond acceptors (Lipinski definition) is 7. The van der Waals surface area contributed by atoms with Gasteiger partial charge in [-0.15, -0.1) is 0 Å². The van der Waals surface area contributed by atoms with Gasteiger partial charge in [-0.1, -0.05) is 19.3 Å². The van der Waals surface area contributed by atoms with Crippen LogP contribution in [0.4, 0.5) is 11.8 Å². The van der Waals surface area contributed by atoms with Crippen LogP contribution in [-0.4, -0.2) is 43.2 Å². The number of nitrogen functional groups attached to an aromatic ring is 1. The maximum atomic E-state index is 12.3. The van der Waals surface area contributed by atoms with Crippen molar-refractivity contribution in [2.75, 3.05) is 32.0 Å². The lowest BCUT2D eigenvalue weighted by Crippen LogP contribution is -2.41. The Labute approximate surface area is 177 Å². The van der Waals surface area contributed by atoms with Gasteiger partial charge in [-0.25, -0.2) is 4.98 Å². The third-order valence-corrected chi connectivity index (χ3v) is 5.50. The molecule has 3 rings (SSSR count). The first-order chi connectivity index (χ1) is 14.5. The molecule has 0 saturated heterocycles. The summed E-state index contributed by atoms with van der Waals surface area (Å²) in [4.78, 5) is 22.9. The van der Waals surface area contributed by atoms with Crippen LogP contribution in [0.2, 0.25) is 0 Å². The van der Waals surface area contributed by atoms with E-state index in [4.69, 9.17) is 19.9 Å². The average Bonchev–Trinajstić information content (AvgIpc) is 2.75. The highest BCUT2D eigenvalue weighted by molar-refractivity contribution is 5.90. The summed E-state index contributed by atoms with van der Waals surface area (Å²) in [6.45, 7) is 1.55. The molecule has 0 spiro atoms. The van der Waals surface area contributed by atoms with Gasteiger partial charge in [-0.05, 0) is 30.5 Å². The molecule has 2 aromatic rings. The zero-order valence-corrected chi connectivity index (χ0v) is 18.1. The van der Waals surface area contributed by atoms with Crippen molar-refractivity contribution in [1.82, 2.24) is 9.97 Å². The summed E-state index contributed by atoms with van der Waals surface area (Å²) in [5.74, 6) is 2.36. The molecule has 1 aromatic heterocycles. The molecule has 8 heteroatoms. The molecule has 1 fully saturated rings. The van der Waals surface area contributed by atoms with E-state index in [0.29, 0.717) is 35.4 Å². The van der Waals surface area contributed by atoms with E-state index in [-0.39, 0.29) is 11.9 Å². The van der Waals surface area contributed by atoms with Gasteiger partial charge in [0, 0.05) is 31.1 Å². The lowest BCUT2D eigenvalue weighted by atomic mass is 9.94. The van der Waals surface area contributed by atoms with E-state index >= 15 is 0 Å². The number of anilines is 2. The number of nitrogens with zero attached hydrogens (tertiary/aromatic N) is 3. The molecule has 1 saturated carbocycles. The fourth-order valence-electron chi connectivity index (χ4n) is 4.02. The Kier molecular flexibility index (Phi) is 6.97. The predicted molar refractivity (Wildman–Crippen MR) is 115 cm³/mol. The number of aromatic nitrogens is 2. The number of carbonyl (C=O) groups excluding carboxylic acids is 1. The number of benzene rings is 1. The SMILES string of the molecule is COc1cc(Cc2cnc(N(C(C)=O)C3CCCCC3)nc2N)cc(OC)c1OC. The standard InChI is InChI=1S/C22H30N4O4/c1-14(27)26(17-8-6-5-7-9-17)22-24-13-16(21(23)25-22)10-15-11-18(28-2)20(30-4)19(12-15)29-3/h11-13,17H,5-10H2,1-4H3,(H2,23,24,25). The van der Waals surface area contributed by atoms with Crippen molar-refractivity contribution in [2.24, 2.45) is 0 Å². The molecule has 0 radical (unpaired) electrons. The molecule has 8 nitrogen and oxygen atoms in total. The molecule has 30 heavy (non-hydrogen) atoms. The van der Waals surface area contributed by atoms with Gasteiger partial charge in [-0.2, -0.15) is 4.98 Å². The van der Waals surface area contributed by atoms with Crippen LogP contribution in [0.15, 0.2) is 18.3 Å². The number of carbonyl (C=O) groups is 1. The van der Waals surface area contributed by atoms with Crippen LogP contribution in [0.1, 0.15) is 50.2 Å². The van der Waals surface area contributed by atoms with Crippen LogP contribution in [0, 0.1) is 0 Å². The second-order valence-electron chi connectivity index (χ2n) is 7.47. The lowest BCUT2D eigenvalue weighted by molar-refractivity contribution is -0.117. The molecule has 2 N–H and O–H groups in total. The summed E-state index contributed by atoms with van der Waals surface area (Å²) < 4.78 is 16.2. The highest BCUT2D eigenvalue weighted by Crippen LogP contribution is 2.39. The predicted octanol–water partition coefficient (Wildman–Crippen LogP) is 3.36. The van der Waals surface area contributed by atoms with Crippen molar-refractivity contribution in [3.05, 3.63) is 29.5 Å². The molecule has 0 bridgehead atoms. The van der Waals surface area contributed by atoms with Crippen molar-refractivity contribution < 1.29 is 19.0 Å². The average molecular weight is 415 g/mol. The summed E-state index contributed by atoms with van der Waals surface area (Å²) in [6.07, 6.45) is 7.56. The van der Waals surface area contributed by atoms with Gasteiger partial charge in [0.2, 0.25) is 17.6 Å². The first kappa shape index (κ1) is 21.7. The minimum absolute atomic E-state index is 0.0568. The zero-order valence-electron chi connectivity index (χ0n) is 18.1. The second-order valence-corrected chi connectivity index (χ2v) is 7.47. The Hall–Kier alpha value is -3.03. The van der Waals surface area contributed by atoms with Crippen molar-refractivity contribution in [3.63, 3.8) is 0 Å². The van der Waals surface area contributed by atoms with Gasteiger partial charge in [0.25, 0.3) is 0 Å². The Morgan fingerprint density at radius 1 is 1.10 bits per heavy atom. The van der Waals surface area contributed by atoms with E-state index in [1.165, 1.54) is 6.42 Å². The van der Waals surface area contributed by atoms with E-state index in [1.807, 2.05) is 12.1 Å². The van der Waals surface area contributed by atoms with Gasteiger partial charge in [-0.3, -0.25) is 9.69 Å². The molecular formula is C22H30N4O4. The number of methoxy groups -OCH3 is 3. The Bertz CT molecular complexity index is 872. The Morgan fingerprint density at radius 3 is 2.23 bits per heavy atom. The fraction of sp³-hybridized carbons (Fsp3) is 0.500. The summed E-state index contributed by atoms with van der Waals surface area (Å²) in [5.41, 5.74) is 7.94. The van der Waals surface area contributed by atoms with E-state index in [2.05, 4.69) is 9.97 Å². The normalized spacial score (nSPS) is 14.3. The third-order valence-electron chi connectivity index (χ3n) is 5.50. The first-order valence-corrected chi connectivity index (χ1v) is 10.2. The van der Waals surface area contributed by atoms with Gasteiger partial charge < -0.3 is 19.9 Å². The van der Waals surface area contributed by atoms with Crippen LogP contribution < -0.4 is 24.8 Å². The van der Waals surface area contributed by atoms with E-state index in [1.54, 1.807) is 39.3 Å². The zero-order chi connectivity index (χ0) is 21.7. The molecule has 1 aliphatic rings. The molecule has 0 unspecified atom stereocenters. The van der Waals surface area contributed by atoms with Crippen LogP contribution in [0.3, 0.4) is 0 Å². The van der Waals surface area contributed by atoms with Crippen LogP contribution in [0.25, 0.3) is 0 Å². The third kappa shape index (κ3) is 4.58. The molecule has 1 heterocycles. The minimum Gasteiger partial charge on any atom is -0.493 e. The summed E-state index contributed by atoms with van der Waals surface area (Å²) in [5, 5.41) is 0. The van der Waals surface area contributed by atoms with E-state index in [9.17, 15) is 4.79 Å². The monoisotopic (exact) mass is 414 g/mol. The van der Waals surface area contributed by atoms with Crippen LogP contribution >= 0.6 is 0 Å². The number of nitrogens with two attached hydrogens (primary N) is 1. The number of ether oxygens (including phenoxy) is 3. The van der Waals surface area contributed by atoms with Crippen molar-refractivity contribution >= 4 is 17.7 Å². The first-order valence-electron chi connectivity index (χ1n) is 10.2. The summed E-state index contributed by atoms with van der Waals surface area (Å²) >= 11 is 0. The summed E-state index contributed by atoms with van der Waals surface area (Å²) in [6, 6.07) is 3.88. The number of hydrogen-bond donors (Lipinski definition) is 1. The van der Waals surface area contributed by atoms with Gasteiger partial charge in [0.1, 0.15) is 5.82 Å². The Morgan fingerprint density at radius 2 is 1.73 bits per heavy atom. The van der Waals surface area contributed by atoms with Gasteiger partial charge in [0.05, 0.1) is 21.3 Å². The maximum absolute atomic E-state index is 12.3. The number of rotatable bonds is 7. The van der Waals surface area contributed by atoms with E-state index < -0.39 is 0 Å². The fourth-order valence-corrected chi connectivity index (χ4v) is 4.02. The van der Waals surface area contributed by atoms with Gasteiger partial charge in [0.15, 0.2) is 11.5 Å². The van der Waals surface area contributed by atoms with Crippen molar-refractivity contribution in [2.45, 2.75) is 51.5 Å². The van der Waals surface area contributed by atoms with E-state index in [0.717, 1.165) is 36.8 Å². The molecule has 0 aliphatic heterocycles. The van der Waals surface area contributed by atoms with Gasteiger partial charge >= 0.3 is 0 Å². The Balaban J connectivity index is 1.87. The van der Waals surface area contributed by atoms with Crippen molar-refractivity contribution in [1.29, 1.82) is 0 Å².